The van der Waals surface area contributed by atoms with Crippen LogP contribution in [0.3, 0.4) is 0 Å². The Balaban J connectivity index is 2.43. The molecule has 0 fully saturated rings. The van der Waals surface area contributed by atoms with E-state index in [0.29, 0.717) is 30.4 Å². The van der Waals surface area contributed by atoms with Gasteiger partial charge in [-0.3, -0.25) is 86.7 Å². The highest BCUT2D eigenvalue weighted by molar-refractivity contribution is 6.00. The summed E-state index contributed by atoms with van der Waals surface area (Å²) in [5.41, 5.74) is 56.9. The lowest BCUT2D eigenvalue weighted by Gasteiger charge is -2.29. The van der Waals surface area contributed by atoms with E-state index in [1.54, 1.807) is 88.4 Å². The van der Waals surface area contributed by atoms with Crippen LogP contribution in [-0.2, 0) is 89.6 Å². The maximum atomic E-state index is 14.5. The number of nitrogens with one attached hydrogen (secondary N) is 13. The molecule has 0 saturated heterocycles. The van der Waals surface area contributed by atoms with Crippen molar-refractivity contribution in [1.82, 2.24) is 69.1 Å². The molecule has 114 heavy (non-hydrogen) atoms. The van der Waals surface area contributed by atoms with Crippen molar-refractivity contribution in [1.29, 1.82) is 0 Å². The summed E-state index contributed by atoms with van der Waals surface area (Å²) in [4.78, 5) is 226. The number of nitrogens with zero attached hydrogens (tertiary/aromatic N) is 2. The van der Waals surface area contributed by atoms with E-state index >= 15 is 0 Å². The smallest absolute Gasteiger partial charge is 0.243 e. The molecule has 0 saturated carbocycles. The van der Waals surface area contributed by atoms with Gasteiger partial charge in [0.2, 0.25) is 94.5 Å². The van der Waals surface area contributed by atoms with E-state index in [0.717, 1.165) is 0 Å². The molecule has 0 unspecified atom stereocenters. The molecule has 2 aromatic carbocycles. The first-order chi connectivity index (χ1) is 53.9. The van der Waals surface area contributed by atoms with Gasteiger partial charge in [0.1, 0.15) is 66.5 Å². The summed E-state index contributed by atoms with van der Waals surface area (Å²) < 4.78 is 0. The standard InChI is InChI=1S/C73H121N25O16/c1-7-41(4)59(71(114)93-49(27-19-33-85-73(82)83)65(108)96-52(62(105)86-38-57(79)101)35-44-20-10-8-11-21-44)98-67(110)47(25-15-17-31-75)90-66(109)50(28-29-55(77)99)89-58(102)39-87-61(104)43(6)88-63(106)46(24-14-16-30-74)91-68(111)51(34-40(2)3)95-64(107)48(26-18-32-84-72(80)81)92-69(112)53(36-45-22-12-9-13-23-45)97-70(113)54(37-56(78)100)94-60(103)42(5)76/h8-13,20-23,40-43,46-54,59H,7,14-19,24-39,74-76H2,1-6H3,(H2,77,99)(H2,78,100)(H2,79,101)(H,86,105)(H,87,104)(H,88,106)(H,89,102)(H,90,109)(H,91,111)(H,92,112)(H,93,114)(H,94,103)(H,95,107)(H,96,108)(H,97,113)(H,98,110)(H4,80,81,84)(H4,82,83,85)/t41-,42-,43-,46-,47-,48-,49-,50-,51-,52-,53-,54-,59-/m0/s1. The van der Waals surface area contributed by atoms with Crippen LogP contribution in [0.2, 0.25) is 0 Å². The van der Waals surface area contributed by atoms with Gasteiger partial charge in [-0.15, -0.1) is 0 Å². The van der Waals surface area contributed by atoms with E-state index < -0.39 is 205 Å². The number of guanidine groups is 2. The molecule has 0 aliphatic rings. The Morgan fingerprint density at radius 1 is 0.368 bits per heavy atom. The highest BCUT2D eigenvalue weighted by atomic mass is 16.2. The Morgan fingerprint density at radius 2 is 0.746 bits per heavy atom. The van der Waals surface area contributed by atoms with E-state index in [1.807, 2.05) is 0 Å². The van der Waals surface area contributed by atoms with Crippen LogP contribution >= 0.6 is 0 Å². The van der Waals surface area contributed by atoms with E-state index in [1.165, 1.54) is 13.8 Å². The molecule has 16 amide bonds. The number of amides is 16. The summed E-state index contributed by atoms with van der Waals surface area (Å²) in [6.45, 7) is 8.51. The number of carbonyl (C=O) groups is 16. The molecule has 33 N–H and O–H groups in total. The number of hydrogen-bond acceptors (Lipinski definition) is 21. The molecule has 13 atom stereocenters. The molecule has 2 aromatic rings. The average molecular weight is 1600 g/mol. The zero-order valence-electron chi connectivity index (χ0n) is 65.8. The largest absolute Gasteiger partial charge is 0.370 e. The first kappa shape index (κ1) is 98.5. The lowest BCUT2D eigenvalue weighted by molar-refractivity contribution is -0.136. The highest BCUT2D eigenvalue weighted by Crippen LogP contribution is 2.16. The van der Waals surface area contributed by atoms with E-state index in [2.05, 4.69) is 79.1 Å². The number of rotatable bonds is 56. The number of carbonyl (C=O) groups excluding carboxylic acids is 16. The minimum Gasteiger partial charge on any atom is -0.370 e. The van der Waals surface area contributed by atoms with Gasteiger partial charge in [0.25, 0.3) is 0 Å². The van der Waals surface area contributed by atoms with Crippen LogP contribution in [0, 0.1) is 11.8 Å². The van der Waals surface area contributed by atoms with Crippen LogP contribution in [0.15, 0.2) is 70.6 Å². The normalized spacial score (nSPS) is 14.4. The summed E-state index contributed by atoms with van der Waals surface area (Å²) in [6, 6.07) is 0.199. The lowest BCUT2D eigenvalue weighted by atomic mass is 9.96. The molecule has 41 nitrogen and oxygen atoms in total. The number of nitrogens with two attached hydrogens (primary N) is 10. The zero-order chi connectivity index (χ0) is 85.6. The van der Waals surface area contributed by atoms with Gasteiger partial charge >= 0.3 is 0 Å². The van der Waals surface area contributed by atoms with Gasteiger partial charge < -0.3 is 126 Å². The fourth-order valence-corrected chi connectivity index (χ4v) is 11.3. The quantitative estimate of drug-likeness (QED) is 0.0166. The van der Waals surface area contributed by atoms with Crippen molar-refractivity contribution < 1.29 is 76.7 Å². The van der Waals surface area contributed by atoms with Gasteiger partial charge in [0.15, 0.2) is 11.9 Å². The van der Waals surface area contributed by atoms with Crippen LogP contribution in [0.1, 0.15) is 149 Å². The van der Waals surface area contributed by atoms with Crippen LogP contribution in [0.4, 0.5) is 0 Å². The second kappa shape index (κ2) is 53.3. The minimum absolute atomic E-state index is 0.0136. The van der Waals surface area contributed by atoms with E-state index in [9.17, 15) is 76.7 Å². The Hall–Kier alpha value is -11.6. The molecule has 0 heterocycles. The number of primary amides is 3. The maximum absolute atomic E-state index is 14.5. The average Bonchev–Trinajstić information content (AvgIpc) is 0.835. The van der Waals surface area contributed by atoms with Crippen molar-refractivity contribution in [3.63, 3.8) is 0 Å². The highest BCUT2D eigenvalue weighted by Gasteiger charge is 2.38. The Labute approximate surface area is 663 Å². The molecular weight excluding hydrogens is 1480 g/mol. The molecule has 0 aliphatic carbocycles. The molecule has 634 valence electrons. The topological polar surface area (TPSA) is 714 Å². The second-order valence-electron chi connectivity index (χ2n) is 28.1. The molecule has 2 rings (SSSR count). The monoisotopic (exact) mass is 1600 g/mol. The maximum Gasteiger partial charge on any atom is 0.243 e. The fourth-order valence-electron chi connectivity index (χ4n) is 11.3. The minimum atomic E-state index is -1.59. The van der Waals surface area contributed by atoms with Gasteiger partial charge in [-0.2, -0.15) is 0 Å². The van der Waals surface area contributed by atoms with E-state index in [4.69, 9.17) is 57.3 Å². The number of unbranched alkanes of at least 4 members (excludes halogenated alkanes) is 2. The molecular formula is C73H121N25O16. The van der Waals surface area contributed by atoms with Gasteiger partial charge in [0.05, 0.1) is 25.6 Å². The first-order valence-corrected chi connectivity index (χ1v) is 38.0. The second-order valence-corrected chi connectivity index (χ2v) is 28.1. The predicted octanol–water partition coefficient (Wildman–Crippen LogP) is -7.51. The summed E-state index contributed by atoms with van der Waals surface area (Å²) in [6.07, 6.45) is -0.315. The van der Waals surface area contributed by atoms with Gasteiger partial charge in [-0.1, -0.05) is 94.8 Å². The van der Waals surface area contributed by atoms with Crippen LogP contribution in [-0.4, -0.2) is 218 Å². The summed E-state index contributed by atoms with van der Waals surface area (Å²) in [7, 11) is 0. The van der Waals surface area contributed by atoms with Gasteiger partial charge in [-0.25, -0.2) is 0 Å². The lowest BCUT2D eigenvalue weighted by Crippen LogP contribution is -2.60. The molecule has 0 bridgehead atoms. The van der Waals surface area contributed by atoms with Crippen molar-refractivity contribution in [2.75, 3.05) is 39.3 Å². The van der Waals surface area contributed by atoms with Crippen molar-refractivity contribution in [2.45, 2.75) is 223 Å². The molecule has 0 aromatic heterocycles. The summed E-state index contributed by atoms with van der Waals surface area (Å²) >= 11 is 0. The van der Waals surface area contributed by atoms with Crippen LogP contribution < -0.4 is 126 Å². The molecule has 41 heteroatoms. The Bertz CT molecular complexity index is 3560. The number of hydrogen-bond donors (Lipinski definition) is 23. The third kappa shape index (κ3) is 40.0. The van der Waals surface area contributed by atoms with Crippen molar-refractivity contribution in [3.8, 4) is 0 Å². The Kier molecular flexibility index (Phi) is 46.1. The van der Waals surface area contributed by atoms with Crippen LogP contribution in [0.25, 0.3) is 0 Å². The predicted molar refractivity (Wildman–Crippen MR) is 423 cm³/mol. The van der Waals surface area contributed by atoms with Crippen molar-refractivity contribution in [3.05, 3.63) is 71.8 Å². The third-order valence-electron chi connectivity index (χ3n) is 17.7. The Morgan fingerprint density at radius 3 is 1.17 bits per heavy atom. The van der Waals surface area contributed by atoms with Gasteiger partial charge in [0, 0.05) is 32.4 Å². The summed E-state index contributed by atoms with van der Waals surface area (Å²) in [5.74, 6) is -15.7. The molecule has 0 spiro atoms. The van der Waals surface area contributed by atoms with Crippen molar-refractivity contribution >= 4 is 106 Å². The molecule has 0 radical (unpaired) electrons. The third-order valence-corrected chi connectivity index (χ3v) is 17.7. The molecule has 0 aliphatic heterocycles. The van der Waals surface area contributed by atoms with Crippen molar-refractivity contribution in [2.24, 2.45) is 79.2 Å². The zero-order valence-corrected chi connectivity index (χ0v) is 65.8. The number of benzene rings is 2. The SMILES string of the molecule is CC[C@H](C)[C@H](NC(=O)[C@H](CCCCN)NC(=O)[C@H](CCC(N)=O)NC(=O)CNC(=O)[C@H](C)NC(=O)[C@H](CCCCN)NC(=O)[C@H](CC(C)C)NC(=O)[C@H](CCCN=C(N)N)NC(=O)[C@H](Cc1ccccc1)NC(=O)[C@H](CC(N)=O)NC(=O)[C@H](C)N)C(=O)N[C@@H](CCCN=C(N)N)C(=O)N[C@@H](Cc1ccccc1)C(=O)NCC(N)=O. The fraction of sp³-hybridized carbons (Fsp3) is 0.589. The first-order valence-electron chi connectivity index (χ1n) is 38.0. The van der Waals surface area contributed by atoms with Gasteiger partial charge in [-0.05, 0) is 127 Å². The number of aliphatic imine (C=N–C) groups is 2. The van der Waals surface area contributed by atoms with E-state index in [-0.39, 0.29) is 115 Å². The summed E-state index contributed by atoms with van der Waals surface area (Å²) in [5, 5.41) is 33.3. The van der Waals surface area contributed by atoms with Crippen LogP contribution in [0.5, 0.6) is 0 Å².